The largest absolute Gasteiger partial charge is 0.497 e. The Kier molecular flexibility index (Phi) is 5.05. The summed E-state index contributed by atoms with van der Waals surface area (Å²) in [5.41, 5.74) is 6.50. The predicted octanol–water partition coefficient (Wildman–Crippen LogP) is 1.59. The molecule has 1 aromatic carbocycles. The van der Waals surface area contributed by atoms with Gasteiger partial charge in [-0.05, 0) is 12.5 Å². The maximum atomic E-state index is 11.9. The molecule has 0 aromatic heterocycles. The summed E-state index contributed by atoms with van der Waals surface area (Å²) >= 11 is 0. The molecule has 0 aliphatic rings. The van der Waals surface area contributed by atoms with Gasteiger partial charge in [0.15, 0.2) is 0 Å². The van der Waals surface area contributed by atoms with Crippen LogP contribution in [0.2, 0.25) is 0 Å². The smallest absolute Gasteiger partial charge is 0.253 e. The minimum absolute atomic E-state index is 0.258. The van der Waals surface area contributed by atoms with Gasteiger partial charge in [0.1, 0.15) is 11.5 Å². The van der Waals surface area contributed by atoms with Crippen molar-refractivity contribution in [3.8, 4) is 11.5 Å². The third-order valence-electron chi connectivity index (χ3n) is 2.45. The average molecular weight is 250 g/mol. The van der Waals surface area contributed by atoms with Crippen LogP contribution >= 0.6 is 0 Å². The summed E-state index contributed by atoms with van der Waals surface area (Å²) in [5, 5.41) is 2.74. The summed E-state index contributed by atoms with van der Waals surface area (Å²) in [6, 6.07) is 3.22. The summed E-state index contributed by atoms with van der Waals surface area (Å²) in [7, 11) is 3.01. The molecule has 0 spiro atoms. The van der Waals surface area contributed by atoms with E-state index in [0.717, 1.165) is 0 Å². The molecule has 0 saturated heterocycles. The number of nitrogens with one attached hydrogen (secondary N) is 1. The second-order valence-electron chi connectivity index (χ2n) is 3.62. The number of hydrogen-bond donors (Lipinski definition) is 2. The highest BCUT2D eigenvalue weighted by Crippen LogP contribution is 2.30. The molecule has 0 fully saturated rings. The predicted molar refractivity (Wildman–Crippen MR) is 71.1 cm³/mol. The fourth-order valence-electron chi connectivity index (χ4n) is 1.46. The normalized spacial score (nSPS) is 9.67. The van der Waals surface area contributed by atoms with Crippen LogP contribution in [-0.4, -0.2) is 26.7 Å². The maximum absolute atomic E-state index is 11.9. The van der Waals surface area contributed by atoms with Gasteiger partial charge >= 0.3 is 0 Å². The monoisotopic (exact) mass is 250 g/mol. The number of rotatable bonds is 6. The van der Waals surface area contributed by atoms with Gasteiger partial charge in [0.05, 0.1) is 25.5 Å². The van der Waals surface area contributed by atoms with Crippen molar-refractivity contribution in [2.75, 3.05) is 26.5 Å². The Hall–Kier alpha value is -2.17. The van der Waals surface area contributed by atoms with E-state index in [4.69, 9.17) is 15.2 Å². The van der Waals surface area contributed by atoms with E-state index in [1.54, 1.807) is 18.2 Å². The summed E-state index contributed by atoms with van der Waals surface area (Å²) in [4.78, 5) is 11.9. The summed E-state index contributed by atoms with van der Waals surface area (Å²) in [6.45, 7) is 4.10. The van der Waals surface area contributed by atoms with E-state index in [-0.39, 0.29) is 5.91 Å². The lowest BCUT2D eigenvalue weighted by Gasteiger charge is -2.12. The number of amides is 1. The van der Waals surface area contributed by atoms with E-state index in [9.17, 15) is 4.79 Å². The van der Waals surface area contributed by atoms with Gasteiger partial charge in [0, 0.05) is 12.6 Å². The van der Waals surface area contributed by atoms with Gasteiger partial charge in [0.25, 0.3) is 5.91 Å². The molecule has 0 atom stereocenters. The zero-order valence-electron chi connectivity index (χ0n) is 10.7. The number of methoxy groups -OCH3 is 2. The van der Waals surface area contributed by atoms with Gasteiger partial charge in [-0.1, -0.05) is 6.08 Å². The van der Waals surface area contributed by atoms with Gasteiger partial charge in [0.2, 0.25) is 0 Å². The molecule has 0 aliphatic carbocycles. The van der Waals surface area contributed by atoms with Crippen LogP contribution in [-0.2, 0) is 0 Å². The molecule has 5 nitrogen and oxygen atoms in total. The molecule has 0 bridgehead atoms. The van der Waals surface area contributed by atoms with Crippen molar-refractivity contribution >= 4 is 11.6 Å². The molecule has 5 heteroatoms. The number of carbonyl (C=O) groups excluding carboxylic acids is 1. The zero-order chi connectivity index (χ0) is 13.5. The lowest BCUT2D eigenvalue weighted by molar-refractivity contribution is 0.0954. The molecule has 0 aliphatic heterocycles. The lowest BCUT2D eigenvalue weighted by atomic mass is 10.1. The first-order valence-corrected chi connectivity index (χ1v) is 5.54. The van der Waals surface area contributed by atoms with Gasteiger partial charge in [-0.15, -0.1) is 6.58 Å². The Bertz CT molecular complexity index is 444. The maximum Gasteiger partial charge on any atom is 0.253 e. The van der Waals surface area contributed by atoms with E-state index in [2.05, 4.69) is 11.9 Å². The number of carbonyl (C=O) groups is 1. The van der Waals surface area contributed by atoms with Crippen LogP contribution in [0.5, 0.6) is 11.5 Å². The minimum atomic E-state index is -0.258. The number of benzene rings is 1. The minimum Gasteiger partial charge on any atom is -0.497 e. The Balaban J connectivity index is 2.98. The second-order valence-corrected chi connectivity index (χ2v) is 3.62. The van der Waals surface area contributed by atoms with Gasteiger partial charge in [-0.3, -0.25) is 4.79 Å². The lowest BCUT2D eigenvalue weighted by Crippen LogP contribution is -2.25. The molecule has 0 radical (unpaired) electrons. The van der Waals surface area contributed by atoms with Crippen molar-refractivity contribution < 1.29 is 14.3 Å². The Morgan fingerprint density at radius 3 is 2.72 bits per heavy atom. The van der Waals surface area contributed by atoms with Gasteiger partial charge < -0.3 is 20.5 Å². The van der Waals surface area contributed by atoms with E-state index >= 15 is 0 Å². The number of anilines is 1. The standard InChI is InChI=1S/C13H18N2O3/c1-4-5-6-15-13(16)10-7-9(17-2)8-11(18-3)12(10)14/h4,7-8H,1,5-6,14H2,2-3H3,(H,15,16). The molecule has 3 N–H and O–H groups in total. The third-order valence-corrected chi connectivity index (χ3v) is 2.45. The molecule has 0 unspecified atom stereocenters. The van der Waals surface area contributed by atoms with Crippen LogP contribution in [0.3, 0.4) is 0 Å². The first-order chi connectivity index (χ1) is 8.63. The molecule has 98 valence electrons. The van der Waals surface area contributed by atoms with E-state index < -0.39 is 0 Å². The number of ether oxygens (including phenoxy) is 2. The summed E-state index contributed by atoms with van der Waals surface area (Å²) in [6.07, 6.45) is 2.43. The van der Waals surface area contributed by atoms with Gasteiger partial charge in [-0.25, -0.2) is 0 Å². The quantitative estimate of drug-likeness (QED) is 0.457. The molecule has 18 heavy (non-hydrogen) atoms. The van der Waals surface area contributed by atoms with Crippen molar-refractivity contribution in [2.45, 2.75) is 6.42 Å². The molecule has 1 aromatic rings. The van der Waals surface area contributed by atoms with Crippen molar-refractivity contribution in [2.24, 2.45) is 0 Å². The van der Waals surface area contributed by atoms with Crippen molar-refractivity contribution in [1.82, 2.24) is 5.32 Å². The average Bonchev–Trinajstić information content (AvgIpc) is 2.39. The Labute approximate surface area is 107 Å². The molecular formula is C13H18N2O3. The molecule has 1 rings (SSSR count). The van der Waals surface area contributed by atoms with Crippen LogP contribution < -0.4 is 20.5 Å². The van der Waals surface area contributed by atoms with Crippen molar-refractivity contribution in [3.05, 3.63) is 30.4 Å². The van der Waals surface area contributed by atoms with Crippen molar-refractivity contribution in [1.29, 1.82) is 0 Å². The highest BCUT2D eigenvalue weighted by molar-refractivity contribution is 6.00. The van der Waals surface area contributed by atoms with Crippen LogP contribution in [0.4, 0.5) is 5.69 Å². The highest BCUT2D eigenvalue weighted by atomic mass is 16.5. The zero-order valence-corrected chi connectivity index (χ0v) is 10.7. The van der Waals surface area contributed by atoms with Crippen LogP contribution in [0.1, 0.15) is 16.8 Å². The Morgan fingerprint density at radius 1 is 1.44 bits per heavy atom. The molecule has 1 amide bonds. The summed E-state index contributed by atoms with van der Waals surface area (Å²) in [5.74, 6) is 0.685. The van der Waals surface area contributed by atoms with Gasteiger partial charge in [-0.2, -0.15) is 0 Å². The fourth-order valence-corrected chi connectivity index (χ4v) is 1.46. The van der Waals surface area contributed by atoms with Crippen LogP contribution in [0, 0.1) is 0 Å². The van der Waals surface area contributed by atoms with E-state index in [0.29, 0.717) is 35.7 Å². The van der Waals surface area contributed by atoms with Crippen LogP contribution in [0.25, 0.3) is 0 Å². The highest BCUT2D eigenvalue weighted by Gasteiger charge is 2.15. The number of nitrogen functional groups attached to an aromatic ring is 1. The van der Waals surface area contributed by atoms with Crippen LogP contribution in [0.15, 0.2) is 24.8 Å². The molecular weight excluding hydrogens is 232 g/mol. The fraction of sp³-hybridized carbons (Fsp3) is 0.308. The third kappa shape index (κ3) is 3.16. The number of nitrogens with two attached hydrogens (primary N) is 1. The van der Waals surface area contributed by atoms with E-state index in [1.807, 2.05) is 0 Å². The molecule has 0 heterocycles. The number of hydrogen-bond acceptors (Lipinski definition) is 4. The second kappa shape index (κ2) is 6.54. The first-order valence-electron chi connectivity index (χ1n) is 5.54. The molecule has 0 saturated carbocycles. The Morgan fingerprint density at radius 2 is 2.17 bits per heavy atom. The van der Waals surface area contributed by atoms with Crippen molar-refractivity contribution in [3.63, 3.8) is 0 Å². The summed E-state index contributed by atoms with van der Waals surface area (Å²) < 4.78 is 10.2. The first kappa shape index (κ1) is 13.9. The SMILES string of the molecule is C=CCCNC(=O)c1cc(OC)cc(OC)c1N. The topological polar surface area (TPSA) is 73.6 Å². The van der Waals surface area contributed by atoms with E-state index in [1.165, 1.54) is 14.2 Å².